The molecule has 0 aliphatic rings. The van der Waals surface area contributed by atoms with E-state index in [0.717, 1.165) is 19.3 Å². The molecular weight excluding hydrogens is 510 g/mol. The van der Waals surface area contributed by atoms with Crippen molar-refractivity contribution < 1.29 is 20.1 Å². The lowest BCUT2D eigenvalue weighted by molar-refractivity contribution is -0.137. The molecular formula is C36H71NO4. The van der Waals surface area contributed by atoms with Gasteiger partial charge in [0.05, 0.1) is 18.8 Å². The first-order valence-corrected chi connectivity index (χ1v) is 17.6. The highest BCUT2D eigenvalue weighted by atomic mass is 16.4. The van der Waals surface area contributed by atoms with Crippen molar-refractivity contribution in [2.24, 2.45) is 5.73 Å². The van der Waals surface area contributed by atoms with Gasteiger partial charge < -0.3 is 21.1 Å². The molecule has 0 unspecified atom stereocenters. The standard InChI is InChI=1S/C18H37NO2.C18H34O2/c1-2-3-4-5-6-7-8-9-10-11-12-13-14-15-18(21)17(19)16-20;1-2-3-4-5-6-7-8-9-10-11-12-13-14-15-16-17-18(19)20/h14-15,17-18,20-21H,2-13,16,19H2,1H3;9-10H,2-8,11-17H2,1H3,(H,19,20)/b15-14+;10-9-/t17-,18+;/m0./s1. The average molecular weight is 582 g/mol. The second-order valence-electron chi connectivity index (χ2n) is 11.8. The van der Waals surface area contributed by atoms with Gasteiger partial charge in [-0.3, -0.25) is 4.79 Å². The van der Waals surface area contributed by atoms with Gasteiger partial charge >= 0.3 is 5.97 Å². The molecule has 0 aliphatic heterocycles. The fourth-order valence-electron chi connectivity index (χ4n) is 4.76. The van der Waals surface area contributed by atoms with Crippen LogP contribution in [0, 0.1) is 0 Å². The molecule has 0 radical (unpaired) electrons. The van der Waals surface area contributed by atoms with E-state index in [2.05, 4.69) is 26.0 Å². The zero-order valence-corrected chi connectivity index (χ0v) is 27.4. The predicted molar refractivity (Wildman–Crippen MR) is 178 cm³/mol. The van der Waals surface area contributed by atoms with Gasteiger partial charge in [-0.15, -0.1) is 0 Å². The van der Waals surface area contributed by atoms with Gasteiger partial charge in [0.15, 0.2) is 0 Å². The van der Waals surface area contributed by atoms with Gasteiger partial charge in [0.2, 0.25) is 0 Å². The highest BCUT2D eigenvalue weighted by Crippen LogP contribution is 2.12. The average Bonchev–Trinajstić information content (AvgIpc) is 2.97. The monoisotopic (exact) mass is 582 g/mol. The fraction of sp³-hybridized carbons (Fsp3) is 0.861. The number of hydrogen-bond donors (Lipinski definition) is 4. The van der Waals surface area contributed by atoms with E-state index in [1.54, 1.807) is 6.08 Å². The normalized spacial score (nSPS) is 13.0. The first-order valence-electron chi connectivity index (χ1n) is 17.6. The van der Waals surface area contributed by atoms with Crippen molar-refractivity contribution in [2.75, 3.05) is 6.61 Å². The van der Waals surface area contributed by atoms with Crippen molar-refractivity contribution in [3.05, 3.63) is 24.3 Å². The summed E-state index contributed by atoms with van der Waals surface area (Å²) in [6, 6.07) is -0.557. The minimum absolute atomic E-state index is 0.177. The van der Waals surface area contributed by atoms with Crippen molar-refractivity contribution in [1.82, 2.24) is 0 Å². The van der Waals surface area contributed by atoms with Crippen LogP contribution >= 0.6 is 0 Å². The second-order valence-corrected chi connectivity index (χ2v) is 11.8. The molecule has 0 aromatic heterocycles. The third-order valence-electron chi connectivity index (χ3n) is 7.61. The van der Waals surface area contributed by atoms with Gasteiger partial charge in [-0.1, -0.05) is 154 Å². The van der Waals surface area contributed by atoms with Crippen LogP contribution in [0.25, 0.3) is 0 Å². The minimum Gasteiger partial charge on any atom is -0.481 e. The summed E-state index contributed by atoms with van der Waals surface area (Å²) >= 11 is 0. The van der Waals surface area contributed by atoms with E-state index in [0.29, 0.717) is 6.42 Å². The lowest BCUT2D eigenvalue weighted by atomic mass is 10.0. The van der Waals surface area contributed by atoms with Crippen molar-refractivity contribution in [1.29, 1.82) is 0 Å². The van der Waals surface area contributed by atoms with E-state index < -0.39 is 18.1 Å². The first kappa shape index (κ1) is 42.0. The summed E-state index contributed by atoms with van der Waals surface area (Å²) in [5.41, 5.74) is 5.51. The summed E-state index contributed by atoms with van der Waals surface area (Å²) in [5.74, 6) is -0.664. The molecule has 5 nitrogen and oxygen atoms in total. The van der Waals surface area contributed by atoms with Gasteiger partial charge in [-0.25, -0.2) is 0 Å². The lowest BCUT2D eigenvalue weighted by Gasteiger charge is -2.11. The quantitative estimate of drug-likeness (QED) is 0.0499. The van der Waals surface area contributed by atoms with Crippen LogP contribution in [0.5, 0.6) is 0 Å². The molecule has 244 valence electrons. The van der Waals surface area contributed by atoms with Crippen molar-refractivity contribution >= 4 is 5.97 Å². The van der Waals surface area contributed by atoms with Gasteiger partial charge in [-0.05, 0) is 44.9 Å². The Balaban J connectivity index is 0. The zero-order chi connectivity index (χ0) is 30.7. The molecule has 0 saturated carbocycles. The lowest BCUT2D eigenvalue weighted by Crippen LogP contribution is -2.36. The zero-order valence-electron chi connectivity index (χ0n) is 27.4. The van der Waals surface area contributed by atoms with Crippen molar-refractivity contribution in [3.8, 4) is 0 Å². The number of hydrogen-bond acceptors (Lipinski definition) is 4. The molecule has 0 aromatic rings. The number of rotatable bonds is 30. The van der Waals surface area contributed by atoms with Crippen molar-refractivity contribution in [2.45, 2.75) is 193 Å². The van der Waals surface area contributed by atoms with Crippen LogP contribution in [0.1, 0.15) is 181 Å². The highest BCUT2D eigenvalue weighted by molar-refractivity contribution is 5.66. The Kier molecular flexibility index (Phi) is 37.7. The van der Waals surface area contributed by atoms with E-state index in [9.17, 15) is 9.90 Å². The Morgan fingerprint density at radius 3 is 1.29 bits per heavy atom. The maximum Gasteiger partial charge on any atom is 0.303 e. The number of allylic oxidation sites excluding steroid dienone is 3. The Labute approximate surface area is 255 Å². The smallest absolute Gasteiger partial charge is 0.303 e. The van der Waals surface area contributed by atoms with E-state index in [1.165, 1.54) is 141 Å². The van der Waals surface area contributed by atoms with Crippen molar-refractivity contribution in [3.63, 3.8) is 0 Å². The third-order valence-corrected chi connectivity index (χ3v) is 7.61. The third kappa shape index (κ3) is 38.8. The van der Waals surface area contributed by atoms with Crippen LogP contribution in [0.3, 0.4) is 0 Å². The molecule has 0 heterocycles. The molecule has 0 saturated heterocycles. The van der Waals surface area contributed by atoms with Gasteiger partial charge in [-0.2, -0.15) is 0 Å². The SMILES string of the molecule is CCCCCCCC/C=C\CCCCCCCC(=O)O.CCCCCCCCCCCCC/C=C/[C@@H](O)[C@@H](N)CO. The van der Waals surface area contributed by atoms with Crippen LogP contribution in [0.4, 0.5) is 0 Å². The number of aliphatic hydroxyl groups excluding tert-OH is 2. The van der Waals surface area contributed by atoms with Crippen LogP contribution in [0.15, 0.2) is 24.3 Å². The predicted octanol–water partition coefficient (Wildman–Crippen LogP) is 10.0. The number of carboxylic acid groups (broad SMARTS) is 1. The van der Waals surface area contributed by atoms with E-state index >= 15 is 0 Å². The van der Waals surface area contributed by atoms with Gasteiger partial charge in [0, 0.05) is 6.42 Å². The Bertz CT molecular complexity index is 564. The van der Waals surface area contributed by atoms with Crippen LogP contribution < -0.4 is 5.73 Å². The van der Waals surface area contributed by atoms with Gasteiger partial charge in [0.1, 0.15) is 0 Å². The minimum atomic E-state index is -0.720. The number of carbonyl (C=O) groups is 1. The first-order chi connectivity index (χ1) is 20.0. The summed E-state index contributed by atoms with van der Waals surface area (Å²) in [5, 5.41) is 26.8. The molecule has 0 amide bonds. The molecule has 5 heteroatoms. The number of aliphatic carboxylic acids is 1. The Morgan fingerprint density at radius 2 is 0.927 bits per heavy atom. The molecule has 41 heavy (non-hydrogen) atoms. The van der Waals surface area contributed by atoms with Crippen LogP contribution in [-0.2, 0) is 4.79 Å². The van der Waals surface area contributed by atoms with Crippen LogP contribution in [-0.4, -0.2) is 40.0 Å². The number of carboxylic acids is 1. The largest absolute Gasteiger partial charge is 0.481 e. The molecule has 0 bridgehead atoms. The number of unbranched alkanes of at least 4 members (excludes halogenated alkanes) is 22. The molecule has 2 atom stereocenters. The summed E-state index contributed by atoms with van der Waals surface area (Å²) < 4.78 is 0. The van der Waals surface area contributed by atoms with E-state index in [1.807, 2.05) is 6.08 Å². The number of nitrogens with two attached hydrogens (primary N) is 1. The topological polar surface area (TPSA) is 104 Å². The molecule has 0 spiro atoms. The molecule has 0 rings (SSSR count). The van der Waals surface area contributed by atoms with Gasteiger partial charge in [0.25, 0.3) is 0 Å². The summed E-state index contributed by atoms with van der Waals surface area (Å²) in [4.78, 5) is 10.3. The van der Waals surface area contributed by atoms with E-state index in [4.69, 9.17) is 15.9 Å². The maximum absolute atomic E-state index is 10.3. The summed E-state index contributed by atoms with van der Waals surface area (Å²) in [6.07, 6.45) is 40.1. The summed E-state index contributed by atoms with van der Waals surface area (Å²) in [6.45, 7) is 4.34. The van der Waals surface area contributed by atoms with Crippen LogP contribution in [0.2, 0.25) is 0 Å². The molecule has 0 fully saturated rings. The van der Waals surface area contributed by atoms with E-state index in [-0.39, 0.29) is 6.61 Å². The molecule has 0 aromatic carbocycles. The molecule has 0 aliphatic carbocycles. The second kappa shape index (κ2) is 36.9. The highest BCUT2D eigenvalue weighted by Gasteiger charge is 2.08. The number of aliphatic hydroxyl groups is 2. The Morgan fingerprint density at radius 1 is 0.585 bits per heavy atom. The molecule has 5 N–H and O–H groups in total. The fourth-order valence-corrected chi connectivity index (χ4v) is 4.76. The summed E-state index contributed by atoms with van der Waals surface area (Å²) in [7, 11) is 0. The Hall–Kier alpha value is -1.17. The maximum atomic E-state index is 10.3.